The molecule has 0 radical (unpaired) electrons. The average Bonchev–Trinajstić information content (AvgIpc) is 2.95. The molecule has 5 N–H and O–H groups in total. The van der Waals surface area contributed by atoms with Crippen LogP contribution in [0.4, 0.5) is 11.5 Å². The lowest BCUT2D eigenvalue weighted by Crippen LogP contribution is -2.19. The molecule has 5 heteroatoms. The number of nitrogen functional groups attached to an aromatic ring is 1. The first-order valence-electron chi connectivity index (χ1n) is 5.29. The quantitative estimate of drug-likeness (QED) is 0.704. The third-order valence-corrected chi connectivity index (χ3v) is 2.96. The highest BCUT2D eigenvalue weighted by molar-refractivity contribution is 5.98. The highest BCUT2D eigenvalue weighted by Crippen LogP contribution is 2.44. The molecule has 1 aliphatic rings. The summed E-state index contributed by atoms with van der Waals surface area (Å²) in [5, 5.41) is 3.16. The Kier molecular flexibility index (Phi) is 2.46. The largest absolute Gasteiger partial charge is 0.397 e. The molecular formula is C11H16N4O. The van der Waals surface area contributed by atoms with E-state index in [1.54, 1.807) is 6.07 Å². The highest BCUT2D eigenvalue weighted by Gasteiger charge is 2.37. The molecule has 86 valence electrons. The van der Waals surface area contributed by atoms with Crippen LogP contribution in [0.25, 0.3) is 0 Å². The van der Waals surface area contributed by atoms with Crippen molar-refractivity contribution >= 4 is 17.4 Å². The maximum atomic E-state index is 11.2. The van der Waals surface area contributed by atoms with Crippen molar-refractivity contribution in [3.05, 3.63) is 17.8 Å². The molecule has 1 amide bonds. The zero-order valence-corrected chi connectivity index (χ0v) is 9.29. The molecule has 5 nitrogen and oxygen atoms in total. The number of amides is 1. The van der Waals surface area contributed by atoms with Crippen molar-refractivity contribution in [3.63, 3.8) is 0 Å². The van der Waals surface area contributed by atoms with Gasteiger partial charge in [-0.3, -0.25) is 4.79 Å². The molecule has 0 atom stereocenters. The normalized spacial score (nSPS) is 16.8. The Balaban J connectivity index is 2.15. The maximum Gasteiger partial charge on any atom is 0.252 e. The summed E-state index contributed by atoms with van der Waals surface area (Å²) in [5.41, 5.74) is 12.0. The lowest BCUT2D eigenvalue weighted by molar-refractivity contribution is 0.100. The average molecular weight is 220 g/mol. The molecule has 0 aromatic carbocycles. The summed E-state index contributed by atoms with van der Waals surface area (Å²) in [6.45, 7) is 3.01. The highest BCUT2D eigenvalue weighted by atomic mass is 16.1. The third kappa shape index (κ3) is 2.24. The van der Waals surface area contributed by atoms with E-state index in [9.17, 15) is 4.79 Å². The molecule has 1 saturated carbocycles. The van der Waals surface area contributed by atoms with Gasteiger partial charge in [-0.15, -0.1) is 0 Å². The van der Waals surface area contributed by atoms with Crippen molar-refractivity contribution < 1.29 is 4.79 Å². The minimum absolute atomic E-state index is 0.345. The fourth-order valence-electron chi connectivity index (χ4n) is 1.50. The predicted molar refractivity (Wildman–Crippen MR) is 63.0 cm³/mol. The van der Waals surface area contributed by atoms with Crippen LogP contribution in [-0.2, 0) is 0 Å². The molecule has 1 fully saturated rings. The van der Waals surface area contributed by atoms with Crippen LogP contribution in [0, 0.1) is 5.41 Å². The lowest BCUT2D eigenvalue weighted by atomic mass is 10.1. The number of aromatic nitrogens is 1. The summed E-state index contributed by atoms with van der Waals surface area (Å²) in [6.07, 6.45) is 3.94. The molecule has 1 heterocycles. The van der Waals surface area contributed by atoms with E-state index in [1.807, 2.05) is 0 Å². The van der Waals surface area contributed by atoms with Crippen LogP contribution in [0.15, 0.2) is 12.3 Å². The van der Waals surface area contributed by atoms with E-state index >= 15 is 0 Å². The van der Waals surface area contributed by atoms with Gasteiger partial charge in [0.05, 0.1) is 17.4 Å². The topological polar surface area (TPSA) is 94.0 Å². The Hall–Kier alpha value is -1.78. The predicted octanol–water partition coefficient (Wildman–Crippen LogP) is 0.975. The molecule has 2 rings (SSSR count). The first-order valence-corrected chi connectivity index (χ1v) is 5.29. The van der Waals surface area contributed by atoms with E-state index in [2.05, 4.69) is 17.2 Å². The molecule has 0 bridgehead atoms. The zero-order valence-electron chi connectivity index (χ0n) is 9.29. The van der Waals surface area contributed by atoms with Gasteiger partial charge in [0.1, 0.15) is 5.82 Å². The van der Waals surface area contributed by atoms with Gasteiger partial charge in [-0.1, -0.05) is 6.92 Å². The van der Waals surface area contributed by atoms with Crippen LogP contribution >= 0.6 is 0 Å². The number of pyridine rings is 1. The fourth-order valence-corrected chi connectivity index (χ4v) is 1.50. The Bertz CT molecular complexity index is 426. The molecule has 1 aromatic heterocycles. The second-order valence-electron chi connectivity index (χ2n) is 4.69. The summed E-state index contributed by atoms with van der Waals surface area (Å²) in [4.78, 5) is 15.3. The van der Waals surface area contributed by atoms with Gasteiger partial charge < -0.3 is 16.8 Å². The van der Waals surface area contributed by atoms with Crippen molar-refractivity contribution in [2.24, 2.45) is 11.1 Å². The summed E-state index contributed by atoms with van der Waals surface area (Å²) < 4.78 is 0. The van der Waals surface area contributed by atoms with E-state index in [4.69, 9.17) is 11.5 Å². The number of hydrogen-bond acceptors (Lipinski definition) is 4. The number of primary amides is 1. The number of hydrogen-bond donors (Lipinski definition) is 3. The Morgan fingerprint density at radius 2 is 2.31 bits per heavy atom. The van der Waals surface area contributed by atoms with E-state index in [0.717, 1.165) is 6.54 Å². The number of anilines is 2. The van der Waals surface area contributed by atoms with Gasteiger partial charge in [-0.25, -0.2) is 4.98 Å². The molecule has 0 saturated heterocycles. The van der Waals surface area contributed by atoms with Crippen molar-refractivity contribution in [2.75, 3.05) is 17.6 Å². The number of carbonyl (C=O) groups is 1. The van der Waals surface area contributed by atoms with E-state index in [-0.39, 0.29) is 0 Å². The first-order chi connectivity index (χ1) is 7.50. The van der Waals surface area contributed by atoms with Gasteiger partial charge in [0.2, 0.25) is 0 Å². The second-order valence-corrected chi connectivity index (χ2v) is 4.69. The standard InChI is InChI=1S/C11H16N4O/c1-11(2-3-11)6-15-10-8(9(13)16)4-7(12)5-14-10/h4-5H,2-3,6,12H2,1H3,(H2,13,16)(H,14,15). The molecule has 0 spiro atoms. The van der Waals surface area contributed by atoms with Crippen LogP contribution < -0.4 is 16.8 Å². The SMILES string of the molecule is CC1(CNc2ncc(N)cc2C(N)=O)CC1. The van der Waals surface area contributed by atoms with Gasteiger partial charge >= 0.3 is 0 Å². The number of nitrogens with zero attached hydrogens (tertiary/aromatic N) is 1. The monoisotopic (exact) mass is 220 g/mol. The number of nitrogens with two attached hydrogens (primary N) is 2. The Morgan fingerprint density at radius 3 is 2.88 bits per heavy atom. The minimum Gasteiger partial charge on any atom is -0.397 e. The fraction of sp³-hybridized carbons (Fsp3) is 0.455. The summed E-state index contributed by atoms with van der Waals surface area (Å²) in [5.74, 6) is 0.0121. The van der Waals surface area contributed by atoms with Gasteiger partial charge in [-0.05, 0) is 24.3 Å². The van der Waals surface area contributed by atoms with Crippen LogP contribution in [0.1, 0.15) is 30.1 Å². The van der Waals surface area contributed by atoms with Crippen molar-refractivity contribution in [2.45, 2.75) is 19.8 Å². The summed E-state index contributed by atoms with van der Waals surface area (Å²) >= 11 is 0. The van der Waals surface area contributed by atoms with Crippen LogP contribution in [0.3, 0.4) is 0 Å². The maximum absolute atomic E-state index is 11.2. The zero-order chi connectivity index (χ0) is 11.8. The summed E-state index contributed by atoms with van der Waals surface area (Å²) in [6, 6.07) is 1.55. The second kappa shape index (κ2) is 3.66. The molecule has 1 aliphatic carbocycles. The van der Waals surface area contributed by atoms with Gasteiger partial charge in [0, 0.05) is 6.54 Å². The molecular weight excluding hydrogens is 204 g/mol. The lowest BCUT2D eigenvalue weighted by Gasteiger charge is -2.13. The first kappa shape index (κ1) is 10.7. The molecule has 1 aromatic rings. The molecule has 0 aliphatic heterocycles. The number of nitrogens with one attached hydrogen (secondary N) is 1. The smallest absolute Gasteiger partial charge is 0.252 e. The third-order valence-electron chi connectivity index (χ3n) is 2.96. The minimum atomic E-state index is -0.511. The molecule has 16 heavy (non-hydrogen) atoms. The van der Waals surface area contributed by atoms with E-state index < -0.39 is 5.91 Å². The van der Waals surface area contributed by atoms with Crippen molar-refractivity contribution in [1.29, 1.82) is 0 Å². The van der Waals surface area contributed by atoms with Crippen LogP contribution in [0.2, 0.25) is 0 Å². The van der Waals surface area contributed by atoms with E-state index in [1.165, 1.54) is 19.0 Å². The van der Waals surface area contributed by atoms with Crippen molar-refractivity contribution in [3.8, 4) is 0 Å². The van der Waals surface area contributed by atoms with Gasteiger partial charge in [0.15, 0.2) is 0 Å². The van der Waals surface area contributed by atoms with Crippen molar-refractivity contribution in [1.82, 2.24) is 4.98 Å². The number of rotatable bonds is 4. The Morgan fingerprint density at radius 1 is 1.62 bits per heavy atom. The number of carbonyl (C=O) groups excluding carboxylic acids is 1. The molecule has 0 unspecified atom stereocenters. The summed E-state index contributed by atoms with van der Waals surface area (Å²) in [7, 11) is 0. The van der Waals surface area contributed by atoms with Crippen LogP contribution in [0.5, 0.6) is 0 Å². The Labute approximate surface area is 94.2 Å². The van der Waals surface area contributed by atoms with Gasteiger partial charge in [0.25, 0.3) is 5.91 Å². The van der Waals surface area contributed by atoms with Crippen LogP contribution in [-0.4, -0.2) is 17.4 Å². The van der Waals surface area contributed by atoms with E-state index in [0.29, 0.717) is 22.5 Å². The van der Waals surface area contributed by atoms with Gasteiger partial charge in [-0.2, -0.15) is 0 Å².